The van der Waals surface area contributed by atoms with Crippen molar-refractivity contribution in [3.05, 3.63) is 34.7 Å². The highest BCUT2D eigenvalue weighted by molar-refractivity contribution is 7.16. The van der Waals surface area contributed by atoms with Gasteiger partial charge in [-0.1, -0.05) is 29.8 Å². The Morgan fingerprint density at radius 1 is 1.24 bits per heavy atom. The molecule has 0 radical (unpaired) electrons. The van der Waals surface area contributed by atoms with Crippen LogP contribution in [0.15, 0.2) is 24.3 Å². The predicted molar refractivity (Wildman–Crippen MR) is 87.2 cm³/mol. The average molecular weight is 304 g/mol. The third kappa shape index (κ3) is 3.61. The number of carboxylic acids is 1. The van der Waals surface area contributed by atoms with E-state index < -0.39 is 5.97 Å². The number of hydrogen-bond donors (Lipinski definition) is 1. The van der Waals surface area contributed by atoms with Crippen LogP contribution in [-0.2, 0) is 11.2 Å². The number of carboxylic acid groups (broad SMARTS) is 1. The second-order valence-electron chi connectivity index (χ2n) is 4.88. The van der Waals surface area contributed by atoms with Gasteiger partial charge in [0, 0.05) is 23.5 Å². The lowest BCUT2D eigenvalue weighted by atomic mass is 10.1. The molecule has 5 heteroatoms. The molecule has 0 atom stereocenters. The number of nitrogens with zero attached hydrogens (tertiary/aromatic N) is 2. The van der Waals surface area contributed by atoms with E-state index in [9.17, 15) is 4.79 Å². The highest BCUT2D eigenvalue weighted by atomic mass is 32.1. The number of anilines is 1. The molecule has 0 bridgehead atoms. The van der Waals surface area contributed by atoms with Crippen molar-refractivity contribution in [1.82, 2.24) is 4.98 Å². The van der Waals surface area contributed by atoms with Crippen molar-refractivity contribution in [2.45, 2.75) is 27.2 Å². The molecule has 21 heavy (non-hydrogen) atoms. The summed E-state index contributed by atoms with van der Waals surface area (Å²) in [6.45, 7) is 7.92. The first-order chi connectivity index (χ1) is 10.0. The van der Waals surface area contributed by atoms with Crippen molar-refractivity contribution >= 4 is 22.4 Å². The zero-order valence-corrected chi connectivity index (χ0v) is 13.4. The molecule has 0 saturated carbocycles. The Morgan fingerprint density at radius 2 is 1.86 bits per heavy atom. The van der Waals surface area contributed by atoms with Crippen LogP contribution in [0.5, 0.6) is 0 Å². The summed E-state index contributed by atoms with van der Waals surface area (Å²) in [4.78, 5) is 18.7. The number of thiazole rings is 1. The van der Waals surface area contributed by atoms with Crippen LogP contribution in [-0.4, -0.2) is 29.1 Å². The van der Waals surface area contributed by atoms with Crippen molar-refractivity contribution in [3.8, 4) is 11.3 Å². The second-order valence-corrected chi connectivity index (χ2v) is 5.94. The Labute approximate surface area is 129 Å². The number of hydrogen-bond acceptors (Lipinski definition) is 4. The molecule has 0 aliphatic rings. The molecule has 112 valence electrons. The lowest BCUT2D eigenvalue weighted by Gasteiger charge is -2.16. The maximum atomic E-state index is 11.1. The summed E-state index contributed by atoms with van der Waals surface area (Å²) in [5.74, 6) is -0.821. The normalized spacial score (nSPS) is 10.6. The van der Waals surface area contributed by atoms with E-state index in [2.05, 4.69) is 23.7 Å². The Hall–Kier alpha value is -1.88. The van der Waals surface area contributed by atoms with Gasteiger partial charge in [-0.05, 0) is 20.8 Å². The lowest BCUT2D eigenvalue weighted by molar-refractivity contribution is -0.136. The number of benzene rings is 1. The number of aryl methyl sites for hydroxylation is 1. The van der Waals surface area contributed by atoms with E-state index in [1.54, 1.807) is 0 Å². The highest BCUT2D eigenvalue weighted by Crippen LogP contribution is 2.33. The third-order valence-electron chi connectivity index (χ3n) is 3.36. The molecule has 1 heterocycles. The van der Waals surface area contributed by atoms with Crippen LogP contribution in [0.4, 0.5) is 5.13 Å². The van der Waals surface area contributed by atoms with Crippen LogP contribution in [0.1, 0.15) is 24.3 Å². The summed E-state index contributed by atoms with van der Waals surface area (Å²) in [5, 5.41) is 10.0. The SMILES string of the molecule is CCN(CC)c1nc(-c2ccc(C)cc2)c(CC(=O)O)s1. The number of carbonyl (C=O) groups is 1. The summed E-state index contributed by atoms with van der Waals surface area (Å²) in [6.07, 6.45) is 0.0160. The molecule has 0 spiro atoms. The molecular formula is C16H20N2O2S. The molecule has 0 saturated heterocycles. The minimum atomic E-state index is -0.821. The monoisotopic (exact) mass is 304 g/mol. The van der Waals surface area contributed by atoms with Crippen LogP contribution >= 0.6 is 11.3 Å². The largest absolute Gasteiger partial charge is 0.481 e. The van der Waals surface area contributed by atoms with Crippen LogP contribution in [0, 0.1) is 6.92 Å². The smallest absolute Gasteiger partial charge is 0.308 e. The third-order valence-corrected chi connectivity index (χ3v) is 4.47. The van der Waals surface area contributed by atoms with E-state index in [-0.39, 0.29) is 6.42 Å². The molecule has 1 aromatic carbocycles. The van der Waals surface area contributed by atoms with E-state index in [1.165, 1.54) is 16.9 Å². The van der Waals surface area contributed by atoms with Gasteiger partial charge in [0.25, 0.3) is 0 Å². The van der Waals surface area contributed by atoms with Gasteiger partial charge in [0.1, 0.15) is 0 Å². The molecule has 4 nitrogen and oxygen atoms in total. The Kier molecular flexibility index (Phi) is 4.96. The molecule has 1 N–H and O–H groups in total. The summed E-state index contributed by atoms with van der Waals surface area (Å²) < 4.78 is 0. The van der Waals surface area contributed by atoms with E-state index >= 15 is 0 Å². The number of rotatable bonds is 6. The first kappa shape index (κ1) is 15.5. The quantitative estimate of drug-likeness (QED) is 0.886. The van der Waals surface area contributed by atoms with E-state index in [4.69, 9.17) is 5.11 Å². The maximum Gasteiger partial charge on any atom is 0.308 e. The van der Waals surface area contributed by atoms with E-state index in [1.807, 2.05) is 31.2 Å². The summed E-state index contributed by atoms with van der Waals surface area (Å²) in [6, 6.07) is 8.05. The van der Waals surface area contributed by atoms with Gasteiger partial charge >= 0.3 is 5.97 Å². The van der Waals surface area contributed by atoms with Crippen LogP contribution in [0.2, 0.25) is 0 Å². The molecule has 0 aliphatic carbocycles. The number of aliphatic carboxylic acids is 1. The van der Waals surface area contributed by atoms with Gasteiger partial charge in [0.15, 0.2) is 5.13 Å². The minimum absolute atomic E-state index is 0.0160. The van der Waals surface area contributed by atoms with Gasteiger partial charge in [0.2, 0.25) is 0 Å². The van der Waals surface area contributed by atoms with Gasteiger partial charge < -0.3 is 10.0 Å². The van der Waals surface area contributed by atoms with Gasteiger partial charge in [-0.25, -0.2) is 4.98 Å². The molecule has 0 fully saturated rings. The molecular weight excluding hydrogens is 284 g/mol. The zero-order valence-electron chi connectivity index (χ0n) is 12.6. The fraction of sp³-hybridized carbons (Fsp3) is 0.375. The molecule has 1 aromatic heterocycles. The lowest BCUT2D eigenvalue weighted by Crippen LogP contribution is -2.21. The standard InChI is InChI=1S/C16H20N2O2S/c1-4-18(5-2)16-17-15(13(21-16)10-14(19)20)12-8-6-11(3)7-9-12/h6-9H,4-5,10H2,1-3H3,(H,19,20). The first-order valence-electron chi connectivity index (χ1n) is 7.08. The summed E-state index contributed by atoms with van der Waals surface area (Å²) in [5.41, 5.74) is 2.95. The molecule has 0 amide bonds. The van der Waals surface area contributed by atoms with Crippen molar-refractivity contribution in [3.63, 3.8) is 0 Å². The van der Waals surface area contributed by atoms with Gasteiger partial charge in [-0.15, -0.1) is 11.3 Å². The summed E-state index contributed by atoms with van der Waals surface area (Å²) in [7, 11) is 0. The van der Waals surface area contributed by atoms with Crippen LogP contribution in [0.3, 0.4) is 0 Å². The fourth-order valence-corrected chi connectivity index (χ4v) is 3.36. The van der Waals surface area contributed by atoms with Crippen molar-refractivity contribution in [1.29, 1.82) is 0 Å². The Morgan fingerprint density at radius 3 is 2.38 bits per heavy atom. The second kappa shape index (κ2) is 6.72. The van der Waals surface area contributed by atoms with Gasteiger partial charge in [0.05, 0.1) is 12.1 Å². The van der Waals surface area contributed by atoms with Crippen molar-refractivity contribution < 1.29 is 9.90 Å². The van der Waals surface area contributed by atoms with Crippen molar-refractivity contribution in [2.24, 2.45) is 0 Å². The molecule has 0 unspecified atom stereocenters. The first-order valence-corrected chi connectivity index (χ1v) is 7.90. The van der Waals surface area contributed by atoms with E-state index in [0.29, 0.717) is 0 Å². The Bertz CT molecular complexity index is 616. The Balaban J connectivity index is 2.46. The summed E-state index contributed by atoms with van der Waals surface area (Å²) >= 11 is 1.48. The van der Waals surface area contributed by atoms with Gasteiger partial charge in [-0.3, -0.25) is 4.79 Å². The maximum absolute atomic E-state index is 11.1. The van der Waals surface area contributed by atoms with Crippen LogP contribution < -0.4 is 4.90 Å². The van der Waals surface area contributed by atoms with E-state index in [0.717, 1.165) is 34.4 Å². The number of aromatic nitrogens is 1. The topological polar surface area (TPSA) is 53.4 Å². The highest BCUT2D eigenvalue weighted by Gasteiger charge is 2.18. The zero-order chi connectivity index (χ0) is 15.4. The minimum Gasteiger partial charge on any atom is -0.481 e. The predicted octanol–water partition coefficient (Wildman–Crippen LogP) is 3.59. The van der Waals surface area contributed by atoms with Crippen LogP contribution in [0.25, 0.3) is 11.3 Å². The molecule has 2 aromatic rings. The molecule has 2 rings (SSSR count). The molecule has 0 aliphatic heterocycles. The van der Waals surface area contributed by atoms with Crippen molar-refractivity contribution in [2.75, 3.05) is 18.0 Å². The fourth-order valence-electron chi connectivity index (χ4n) is 2.16. The van der Waals surface area contributed by atoms with Gasteiger partial charge in [-0.2, -0.15) is 0 Å². The average Bonchev–Trinajstić information content (AvgIpc) is 2.84.